The van der Waals surface area contributed by atoms with Gasteiger partial charge in [0.05, 0.1) is 11.6 Å². The fourth-order valence-corrected chi connectivity index (χ4v) is 3.20. The molecule has 0 aliphatic heterocycles. The van der Waals surface area contributed by atoms with Crippen molar-refractivity contribution in [3.05, 3.63) is 40.1 Å². The summed E-state index contributed by atoms with van der Waals surface area (Å²) in [4.78, 5) is 7.69. The first-order valence-corrected chi connectivity index (χ1v) is 7.31. The molecule has 5 nitrogen and oxygen atoms in total. The smallest absolute Gasteiger partial charge is 0.243 e. The van der Waals surface area contributed by atoms with Crippen LogP contribution in [0, 0.1) is 0 Å². The van der Waals surface area contributed by atoms with Gasteiger partial charge in [-0.3, -0.25) is 4.98 Å². The molecule has 0 aromatic carbocycles. The highest BCUT2D eigenvalue weighted by Crippen LogP contribution is 2.19. The molecular weight excluding hydrogens is 282 g/mol. The Morgan fingerprint density at radius 3 is 2.88 bits per heavy atom. The zero-order chi connectivity index (χ0) is 12.3. The number of halogens is 1. The van der Waals surface area contributed by atoms with Gasteiger partial charge in [-0.2, -0.15) is 0 Å². The molecule has 1 N–H and O–H groups in total. The average Bonchev–Trinajstić information content (AvgIpc) is 2.80. The SMILES string of the molecule is O=S(=O)(NCc1nccs1)c1cnccc1Cl. The van der Waals surface area contributed by atoms with Gasteiger partial charge < -0.3 is 0 Å². The van der Waals surface area contributed by atoms with Crippen molar-refractivity contribution in [3.63, 3.8) is 0 Å². The van der Waals surface area contributed by atoms with Crippen molar-refractivity contribution >= 4 is 33.0 Å². The first-order valence-electron chi connectivity index (χ1n) is 4.57. The number of thiazole rings is 1. The number of aromatic nitrogens is 2. The van der Waals surface area contributed by atoms with E-state index in [1.807, 2.05) is 0 Å². The number of nitrogens with zero attached hydrogens (tertiary/aromatic N) is 2. The third-order valence-corrected chi connectivity index (χ3v) is 4.57. The monoisotopic (exact) mass is 289 g/mol. The van der Waals surface area contributed by atoms with Crippen molar-refractivity contribution in [2.75, 3.05) is 0 Å². The summed E-state index contributed by atoms with van der Waals surface area (Å²) in [6.45, 7) is 0.144. The van der Waals surface area contributed by atoms with Gasteiger partial charge in [-0.05, 0) is 6.07 Å². The van der Waals surface area contributed by atoms with Crippen LogP contribution in [0.1, 0.15) is 5.01 Å². The van der Waals surface area contributed by atoms with Gasteiger partial charge in [0, 0.05) is 24.0 Å². The predicted molar refractivity (Wildman–Crippen MR) is 65.4 cm³/mol. The van der Waals surface area contributed by atoms with Crippen molar-refractivity contribution < 1.29 is 8.42 Å². The minimum absolute atomic E-state index is 0.0294. The third-order valence-electron chi connectivity index (χ3n) is 1.92. The van der Waals surface area contributed by atoms with Crippen molar-refractivity contribution in [2.24, 2.45) is 0 Å². The van der Waals surface area contributed by atoms with E-state index in [1.165, 1.54) is 29.8 Å². The molecule has 8 heteroatoms. The van der Waals surface area contributed by atoms with Crippen LogP contribution in [-0.2, 0) is 16.6 Å². The Hall–Kier alpha value is -1.02. The predicted octanol–water partition coefficient (Wildman–Crippen LogP) is 1.67. The summed E-state index contributed by atoms with van der Waals surface area (Å²) in [6.07, 6.45) is 4.26. The summed E-state index contributed by atoms with van der Waals surface area (Å²) >= 11 is 7.17. The van der Waals surface area contributed by atoms with E-state index in [0.29, 0.717) is 5.01 Å². The lowest BCUT2D eigenvalue weighted by Crippen LogP contribution is -2.23. The molecule has 0 spiro atoms. The van der Waals surface area contributed by atoms with E-state index < -0.39 is 10.0 Å². The van der Waals surface area contributed by atoms with Crippen LogP contribution in [0.2, 0.25) is 5.02 Å². The molecule has 0 unspecified atom stereocenters. The van der Waals surface area contributed by atoms with Crippen molar-refractivity contribution in [3.8, 4) is 0 Å². The number of pyridine rings is 1. The van der Waals surface area contributed by atoms with Crippen molar-refractivity contribution in [1.82, 2.24) is 14.7 Å². The highest BCUT2D eigenvalue weighted by molar-refractivity contribution is 7.89. The minimum atomic E-state index is -3.64. The Labute approximate surface area is 108 Å². The minimum Gasteiger partial charge on any atom is -0.263 e. The molecule has 2 heterocycles. The van der Waals surface area contributed by atoms with Gasteiger partial charge in [0.1, 0.15) is 9.90 Å². The van der Waals surface area contributed by atoms with Gasteiger partial charge in [-0.25, -0.2) is 18.1 Å². The lowest BCUT2D eigenvalue weighted by molar-refractivity contribution is 0.581. The summed E-state index contributed by atoms with van der Waals surface area (Å²) in [5.74, 6) is 0. The molecule has 0 amide bonds. The van der Waals surface area contributed by atoms with E-state index in [9.17, 15) is 8.42 Å². The number of nitrogens with one attached hydrogen (secondary N) is 1. The van der Waals surface area contributed by atoms with Gasteiger partial charge in [-0.1, -0.05) is 11.6 Å². The molecule has 0 aliphatic rings. The van der Waals surface area contributed by atoms with Crippen molar-refractivity contribution in [1.29, 1.82) is 0 Å². The fraction of sp³-hybridized carbons (Fsp3) is 0.111. The Balaban J connectivity index is 2.17. The summed E-state index contributed by atoms with van der Waals surface area (Å²) in [5.41, 5.74) is 0. The highest BCUT2D eigenvalue weighted by Gasteiger charge is 2.17. The van der Waals surface area contributed by atoms with Crippen LogP contribution in [0.3, 0.4) is 0 Å². The molecule has 2 aromatic heterocycles. The maximum absolute atomic E-state index is 11.9. The quantitative estimate of drug-likeness (QED) is 0.929. The Kier molecular flexibility index (Phi) is 3.72. The molecular formula is C9H8ClN3O2S2. The van der Waals surface area contributed by atoms with E-state index in [2.05, 4.69) is 14.7 Å². The van der Waals surface area contributed by atoms with E-state index >= 15 is 0 Å². The maximum Gasteiger partial charge on any atom is 0.243 e. The summed E-state index contributed by atoms with van der Waals surface area (Å²) in [6, 6.07) is 1.43. The van der Waals surface area contributed by atoms with Crippen LogP contribution in [-0.4, -0.2) is 18.4 Å². The number of hydrogen-bond donors (Lipinski definition) is 1. The number of rotatable bonds is 4. The van der Waals surface area contributed by atoms with E-state index in [0.717, 1.165) is 0 Å². The molecule has 2 aromatic rings. The standard InChI is InChI=1S/C9H8ClN3O2S2/c10-7-1-2-11-5-8(7)17(14,15)13-6-9-12-3-4-16-9/h1-5,13H,6H2. The molecule has 0 fully saturated rings. The lowest BCUT2D eigenvalue weighted by atomic mass is 10.5. The average molecular weight is 290 g/mol. The van der Waals surface area contributed by atoms with Gasteiger partial charge >= 0.3 is 0 Å². The third kappa shape index (κ3) is 3.01. The maximum atomic E-state index is 11.9. The van der Waals surface area contributed by atoms with Crippen LogP contribution in [0.4, 0.5) is 0 Å². The molecule has 0 bridgehead atoms. The lowest BCUT2D eigenvalue weighted by Gasteiger charge is -2.05. The van der Waals surface area contributed by atoms with Crippen LogP contribution < -0.4 is 4.72 Å². The second-order valence-corrected chi connectivity index (χ2v) is 6.18. The van der Waals surface area contributed by atoms with Crippen molar-refractivity contribution in [2.45, 2.75) is 11.4 Å². The van der Waals surface area contributed by atoms with E-state index in [4.69, 9.17) is 11.6 Å². The van der Waals surface area contributed by atoms with Gasteiger partial charge in [0.2, 0.25) is 10.0 Å². The molecule has 0 aliphatic carbocycles. The Bertz CT molecular complexity index is 598. The second kappa shape index (κ2) is 5.09. The van der Waals surface area contributed by atoms with Gasteiger partial charge in [0.15, 0.2) is 0 Å². The second-order valence-electron chi connectivity index (χ2n) is 3.06. The summed E-state index contributed by atoms with van der Waals surface area (Å²) in [5, 5.41) is 2.61. The van der Waals surface area contributed by atoms with Crippen LogP contribution in [0.15, 0.2) is 34.9 Å². The van der Waals surface area contributed by atoms with Crippen LogP contribution in [0.5, 0.6) is 0 Å². The molecule has 2 rings (SSSR count). The molecule has 0 saturated carbocycles. The Morgan fingerprint density at radius 2 is 2.24 bits per heavy atom. The van der Waals surface area contributed by atoms with Gasteiger partial charge in [-0.15, -0.1) is 11.3 Å². The Morgan fingerprint density at radius 1 is 1.41 bits per heavy atom. The fourth-order valence-electron chi connectivity index (χ4n) is 1.14. The van der Waals surface area contributed by atoms with Gasteiger partial charge in [0.25, 0.3) is 0 Å². The number of sulfonamides is 1. The van der Waals surface area contributed by atoms with Crippen LogP contribution in [0.25, 0.3) is 0 Å². The summed E-state index contributed by atoms with van der Waals surface area (Å²) < 4.78 is 26.2. The zero-order valence-electron chi connectivity index (χ0n) is 8.50. The summed E-state index contributed by atoms with van der Waals surface area (Å²) in [7, 11) is -3.64. The number of hydrogen-bond acceptors (Lipinski definition) is 5. The molecule has 0 radical (unpaired) electrons. The first kappa shape index (κ1) is 12.4. The van der Waals surface area contributed by atoms with Crippen LogP contribution >= 0.6 is 22.9 Å². The van der Waals surface area contributed by atoms with E-state index in [1.54, 1.807) is 11.6 Å². The highest BCUT2D eigenvalue weighted by atomic mass is 35.5. The zero-order valence-corrected chi connectivity index (χ0v) is 10.9. The first-order chi connectivity index (χ1) is 8.09. The molecule has 90 valence electrons. The molecule has 0 atom stereocenters. The topological polar surface area (TPSA) is 72.0 Å². The molecule has 0 saturated heterocycles. The van der Waals surface area contributed by atoms with E-state index in [-0.39, 0.29) is 16.5 Å². The molecule has 17 heavy (non-hydrogen) atoms. The largest absolute Gasteiger partial charge is 0.263 e. The normalized spacial score (nSPS) is 11.6.